The Hall–Kier alpha value is -4.93. The van der Waals surface area contributed by atoms with Gasteiger partial charge in [-0.1, -0.05) is 81.3 Å². The second kappa shape index (κ2) is 21.6. The van der Waals surface area contributed by atoms with Crippen molar-refractivity contribution in [3.8, 4) is 29.9 Å². The van der Waals surface area contributed by atoms with Gasteiger partial charge in [-0.25, -0.2) is 14.6 Å². The van der Waals surface area contributed by atoms with Crippen LogP contribution in [0.5, 0.6) is 11.5 Å². The number of hydrogen-bond acceptors (Lipinski definition) is 13. The third-order valence-corrected chi connectivity index (χ3v) is 18.6. The third-order valence-electron chi connectivity index (χ3n) is 12.0. The minimum atomic E-state index is -2.60. The summed E-state index contributed by atoms with van der Waals surface area (Å²) in [6, 6.07) is 28.3. The molecule has 0 aliphatic carbocycles. The van der Waals surface area contributed by atoms with E-state index in [-0.39, 0.29) is 43.3 Å². The number of nitriles is 1. The molecule has 1 aliphatic rings. The van der Waals surface area contributed by atoms with Gasteiger partial charge in [0, 0.05) is 12.1 Å². The highest BCUT2D eigenvalue weighted by Gasteiger charge is 2.54. The summed E-state index contributed by atoms with van der Waals surface area (Å²) in [6.45, 7) is 20.0. The third kappa shape index (κ3) is 11.0. The molecule has 1 aliphatic heterocycles. The Kier molecular flexibility index (Phi) is 16.4. The van der Waals surface area contributed by atoms with E-state index in [1.54, 1.807) is 26.7 Å². The molecule has 3 aromatic carbocycles. The number of ether oxygens (including phenoxy) is 4. The number of aromatic nitrogens is 4. The number of rotatable bonds is 21. The Morgan fingerprint density at radius 1 is 0.892 bits per heavy atom. The zero-order valence-corrected chi connectivity index (χ0v) is 41.4. The Morgan fingerprint density at radius 2 is 1.49 bits per heavy atom. The SMILES string of the molecule is C#CCNc1ncc2ncn([C@@H]3O[C@H](COC(c4ccccc4)(c4ccc(OC)cc4)c4ccc(OC)cc4)[C@@H](OP(OCCC#N)N(C(C)C)C(C)C)[C@H]3O[Si](C)(C)C(C)(C)C)c2n1. The number of imidazole rings is 1. The predicted molar refractivity (Wildman–Crippen MR) is 257 cm³/mol. The summed E-state index contributed by atoms with van der Waals surface area (Å²) in [6.07, 6.45) is 6.14. The summed E-state index contributed by atoms with van der Waals surface area (Å²) < 4.78 is 51.7. The number of nitrogens with one attached hydrogen (secondary N) is 1. The van der Waals surface area contributed by atoms with Crippen LogP contribution in [0, 0.1) is 23.7 Å². The van der Waals surface area contributed by atoms with Gasteiger partial charge < -0.3 is 37.7 Å². The summed E-state index contributed by atoms with van der Waals surface area (Å²) in [7, 11) is -1.07. The summed E-state index contributed by atoms with van der Waals surface area (Å²) in [4.78, 5) is 14.1. The minimum absolute atomic E-state index is 0.0345. The summed E-state index contributed by atoms with van der Waals surface area (Å²) in [5.41, 5.74) is 2.57. The van der Waals surface area contributed by atoms with Crippen molar-refractivity contribution in [2.24, 2.45) is 0 Å². The van der Waals surface area contributed by atoms with Crippen molar-refractivity contribution < 1.29 is 32.4 Å². The molecule has 16 heteroatoms. The summed E-state index contributed by atoms with van der Waals surface area (Å²) in [5, 5.41) is 12.5. The molecule has 0 saturated carbocycles. The minimum Gasteiger partial charge on any atom is -0.497 e. The van der Waals surface area contributed by atoms with E-state index >= 15 is 0 Å². The molecule has 6 rings (SSSR count). The lowest BCUT2D eigenvalue weighted by Crippen LogP contribution is -2.50. The molecule has 1 unspecified atom stereocenters. The molecule has 1 saturated heterocycles. The van der Waals surface area contributed by atoms with Crippen molar-refractivity contribution in [3.63, 3.8) is 0 Å². The number of fused-ring (bicyclic) bond motifs is 1. The van der Waals surface area contributed by atoms with Crippen LogP contribution in [-0.2, 0) is 28.5 Å². The smallest absolute Gasteiger partial charge is 0.259 e. The van der Waals surface area contributed by atoms with Crippen LogP contribution in [0.2, 0.25) is 18.1 Å². The molecule has 0 amide bonds. The van der Waals surface area contributed by atoms with E-state index in [2.05, 4.69) is 101 Å². The highest BCUT2D eigenvalue weighted by atomic mass is 31.2. The molecular formula is C49H64N7O7PSi. The first-order chi connectivity index (χ1) is 31.1. The van der Waals surface area contributed by atoms with Crippen LogP contribution in [0.4, 0.5) is 5.95 Å². The normalized spacial score (nSPS) is 18.5. The number of terminal acetylenes is 1. The second-order valence-electron chi connectivity index (χ2n) is 18.0. The maximum Gasteiger partial charge on any atom is 0.259 e. The van der Waals surface area contributed by atoms with Crippen molar-refractivity contribution in [2.75, 3.05) is 39.3 Å². The van der Waals surface area contributed by atoms with Crippen molar-refractivity contribution in [1.82, 2.24) is 24.2 Å². The monoisotopic (exact) mass is 921 g/mol. The number of anilines is 1. The molecule has 346 valence electrons. The van der Waals surface area contributed by atoms with Crippen LogP contribution >= 0.6 is 8.53 Å². The molecule has 5 atom stereocenters. The zero-order valence-electron chi connectivity index (χ0n) is 39.5. The van der Waals surface area contributed by atoms with Crippen LogP contribution in [0.25, 0.3) is 11.2 Å². The van der Waals surface area contributed by atoms with Crippen LogP contribution in [0.1, 0.15) is 77.8 Å². The molecule has 3 heterocycles. The average Bonchev–Trinajstić information content (AvgIpc) is 3.85. The van der Waals surface area contributed by atoms with Crippen molar-refractivity contribution in [2.45, 2.75) is 115 Å². The first-order valence-electron chi connectivity index (χ1n) is 22.0. The van der Waals surface area contributed by atoms with Crippen molar-refractivity contribution in [3.05, 3.63) is 108 Å². The van der Waals surface area contributed by atoms with E-state index in [0.29, 0.717) is 28.6 Å². The Morgan fingerprint density at radius 3 is 2.03 bits per heavy atom. The second-order valence-corrected chi connectivity index (χ2v) is 24.1. The Balaban J connectivity index is 1.56. The molecule has 0 bridgehead atoms. The van der Waals surface area contributed by atoms with Gasteiger partial charge in [0.15, 0.2) is 20.2 Å². The Labute approximate surface area is 387 Å². The first kappa shape index (κ1) is 49.5. The first-order valence-corrected chi connectivity index (χ1v) is 26.1. The molecule has 0 radical (unpaired) electrons. The predicted octanol–water partition coefficient (Wildman–Crippen LogP) is 9.85. The molecule has 1 N–H and O–H groups in total. The Bertz CT molecular complexity index is 2330. The summed E-state index contributed by atoms with van der Waals surface area (Å²) in [5.74, 6) is 4.37. The molecule has 14 nitrogen and oxygen atoms in total. The number of hydrogen-bond donors (Lipinski definition) is 1. The highest BCUT2D eigenvalue weighted by molar-refractivity contribution is 7.44. The fraction of sp³-hybridized carbons (Fsp3) is 0.469. The lowest BCUT2D eigenvalue weighted by Gasteiger charge is -2.42. The highest BCUT2D eigenvalue weighted by Crippen LogP contribution is 2.53. The fourth-order valence-corrected chi connectivity index (χ4v) is 10.8. The van der Waals surface area contributed by atoms with Gasteiger partial charge in [-0.15, -0.1) is 6.42 Å². The number of nitrogens with zero attached hydrogens (tertiary/aromatic N) is 6. The molecule has 2 aromatic heterocycles. The lowest BCUT2D eigenvalue weighted by molar-refractivity contribution is -0.0926. The maximum absolute atomic E-state index is 9.61. The largest absolute Gasteiger partial charge is 0.497 e. The van der Waals surface area contributed by atoms with Crippen LogP contribution < -0.4 is 14.8 Å². The van der Waals surface area contributed by atoms with E-state index in [1.165, 1.54) is 0 Å². The van der Waals surface area contributed by atoms with Crippen LogP contribution in [0.3, 0.4) is 0 Å². The van der Waals surface area contributed by atoms with Gasteiger partial charge in [0.2, 0.25) is 5.95 Å². The van der Waals surface area contributed by atoms with Crippen LogP contribution in [0.15, 0.2) is 91.4 Å². The van der Waals surface area contributed by atoms with E-state index in [4.69, 9.17) is 48.8 Å². The van der Waals surface area contributed by atoms with E-state index in [0.717, 1.165) is 16.7 Å². The van der Waals surface area contributed by atoms with E-state index in [9.17, 15) is 5.26 Å². The van der Waals surface area contributed by atoms with E-state index in [1.807, 2.05) is 71.3 Å². The molecule has 5 aromatic rings. The number of benzene rings is 3. The fourth-order valence-electron chi connectivity index (χ4n) is 7.74. The van der Waals surface area contributed by atoms with Crippen molar-refractivity contribution >= 4 is 34.0 Å². The topological polar surface area (TPSA) is 147 Å². The van der Waals surface area contributed by atoms with Gasteiger partial charge in [-0.3, -0.25) is 4.57 Å². The average molecular weight is 922 g/mol. The molecule has 1 fully saturated rings. The lowest BCUT2D eigenvalue weighted by atomic mass is 9.80. The van der Waals surface area contributed by atoms with Gasteiger partial charge in [0.1, 0.15) is 40.9 Å². The molecular weight excluding hydrogens is 858 g/mol. The molecule has 0 spiro atoms. The quantitative estimate of drug-likeness (QED) is 0.0245. The van der Waals surface area contributed by atoms with Gasteiger partial charge in [0.25, 0.3) is 8.53 Å². The standard InChI is InChI=1S/C49H64N7O7PSi/c1-13-29-51-47-52-31-41-45(54-47)55(33-53-41)46-44(63-65(11,12)48(6,7)8)43(62-64(60-30-17-28-50)56(34(2)3)35(4)5)42(61-46)32-59-49(36-18-15-14-16-19-36,37-20-24-39(57-9)25-21-37)38-22-26-40(58-10)27-23-38/h1,14-16,18-27,31,33-35,42-44,46H,17,29-30,32H2,2-12H3,(H,51,52,54)/t42-,43-,44-,46-,64?/m1/s1. The summed E-state index contributed by atoms with van der Waals surface area (Å²) >= 11 is 0. The molecule has 65 heavy (non-hydrogen) atoms. The van der Waals surface area contributed by atoms with Gasteiger partial charge in [0.05, 0.1) is 59.0 Å². The maximum atomic E-state index is 9.61. The van der Waals surface area contributed by atoms with E-state index < -0.39 is 47.0 Å². The van der Waals surface area contributed by atoms with Crippen molar-refractivity contribution in [1.29, 1.82) is 5.26 Å². The van der Waals surface area contributed by atoms with Crippen LogP contribution in [-0.4, -0.2) is 96.9 Å². The number of methoxy groups -OCH3 is 2. The van der Waals surface area contributed by atoms with Gasteiger partial charge >= 0.3 is 0 Å². The van der Waals surface area contributed by atoms with Gasteiger partial charge in [-0.05, 0) is 86.8 Å². The zero-order chi connectivity index (χ0) is 46.9. The van der Waals surface area contributed by atoms with Gasteiger partial charge in [-0.2, -0.15) is 10.2 Å².